The van der Waals surface area contributed by atoms with Crippen molar-refractivity contribution in [3.05, 3.63) is 16.8 Å². The Morgan fingerprint density at radius 3 is 2.57 bits per heavy atom. The van der Waals surface area contributed by atoms with Crippen LogP contribution in [-0.2, 0) is 4.79 Å². The molecule has 0 aromatic carbocycles. The Hall–Kier alpha value is -1.67. The second-order valence-corrected chi connectivity index (χ2v) is 7.16. The van der Waals surface area contributed by atoms with Gasteiger partial charge in [0, 0.05) is 11.1 Å². The van der Waals surface area contributed by atoms with Gasteiger partial charge in [0.1, 0.15) is 21.1 Å². The number of aromatic carboxylic acids is 1. The van der Waals surface area contributed by atoms with Crippen LogP contribution < -0.4 is 0 Å². The Morgan fingerprint density at radius 1 is 1.33 bits per heavy atom. The molecule has 112 valence electrons. The molecular formula is C13H14N2O4S2. The Kier molecular flexibility index (Phi) is 4.20. The summed E-state index contributed by atoms with van der Waals surface area (Å²) in [6.45, 7) is 5.01. The van der Waals surface area contributed by atoms with Gasteiger partial charge in [0.05, 0.1) is 5.41 Å². The number of hydrogen-bond donors (Lipinski definition) is 2. The molecule has 0 aliphatic heterocycles. The van der Waals surface area contributed by atoms with E-state index in [0.29, 0.717) is 26.6 Å². The second kappa shape index (κ2) is 5.61. The van der Waals surface area contributed by atoms with Crippen molar-refractivity contribution in [2.45, 2.75) is 25.8 Å². The Bertz CT molecular complexity index is 724. The first-order valence-electron chi connectivity index (χ1n) is 6.07. The Balaban J connectivity index is 2.41. The monoisotopic (exact) mass is 326 g/mol. The van der Waals surface area contributed by atoms with Crippen LogP contribution in [0.15, 0.2) is 11.4 Å². The van der Waals surface area contributed by atoms with E-state index in [2.05, 4.69) is 9.97 Å². The minimum Gasteiger partial charge on any atom is -0.481 e. The number of aryl methyl sites for hydroxylation is 1. The highest BCUT2D eigenvalue weighted by Crippen LogP contribution is 2.36. The van der Waals surface area contributed by atoms with Crippen molar-refractivity contribution in [2.24, 2.45) is 5.41 Å². The minimum atomic E-state index is -0.989. The van der Waals surface area contributed by atoms with Gasteiger partial charge in [-0.25, -0.2) is 14.8 Å². The summed E-state index contributed by atoms with van der Waals surface area (Å²) in [5.41, 5.74) is -0.264. The van der Waals surface area contributed by atoms with E-state index >= 15 is 0 Å². The summed E-state index contributed by atoms with van der Waals surface area (Å²) >= 11 is 2.41. The van der Waals surface area contributed by atoms with Gasteiger partial charge in [0.2, 0.25) is 0 Å². The lowest BCUT2D eigenvalue weighted by molar-refractivity contribution is -0.145. The second-order valence-electron chi connectivity index (χ2n) is 5.20. The molecule has 2 rings (SSSR count). The summed E-state index contributed by atoms with van der Waals surface area (Å²) < 4.78 is 0. The molecule has 0 aliphatic rings. The van der Waals surface area contributed by atoms with Gasteiger partial charge < -0.3 is 10.2 Å². The van der Waals surface area contributed by atoms with Crippen molar-refractivity contribution >= 4 is 45.3 Å². The van der Waals surface area contributed by atoms with Crippen LogP contribution in [0.1, 0.15) is 29.1 Å². The van der Waals surface area contributed by atoms with Crippen LogP contribution in [0.5, 0.6) is 0 Å². The highest BCUT2D eigenvalue weighted by Gasteiger charge is 2.28. The Labute approximate surface area is 129 Å². The number of thioether (sulfide) groups is 1. The smallest absolute Gasteiger partial charge is 0.346 e. The number of nitrogens with zero attached hydrogens (tertiary/aromatic N) is 2. The largest absolute Gasteiger partial charge is 0.481 e. The molecule has 2 heterocycles. The van der Waals surface area contributed by atoms with Gasteiger partial charge >= 0.3 is 11.9 Å². The van der Waals surface area contributed by atoms with E-state index in [1.807, 2.05) is 0 Å². The lowest BCUT2D eigenvalue weighted by Gasteiger charge is -2.18. The molecule has 0 unspecified atom stereocenters. The van der Waals surface area contributed by atoms with E-state index in [-0.39, 0.29) is 4.88 Å². The summed E-state index contributed by atoms with van der Waals surface area (Å²) in [7, 11) is 0. The van der Waals surface area contributed by atoms with Gasteiger partial charge in [-0.2, -0.15) is 0 Å². The summed E-state index contributed by atoms with van der Waals surface area (Å²) in [5, 5.41) is 19.6. The molecule has 8 heteroatoms. The van der Waals surface area contributed by atoms with Gasteiger partial charge in [-0.15, -0.1) is 23.1 Å². The highest BCUT2D eigenvalue weighted by molar-refractivity contribution is 7.99. The van der Waals surface area contributed by atoms with Crippen molar-refractivity contribution in [3.63, 3.8) is 0 Å². The van der Waals surface area contributed by atoms with E-state index in [0.717, 1.165) is 11.3 Å². The van der Waals surface area contributed by atoms with Crippen LogP contribution in [0, 0.1) is 12.3 Å². The first kappa shape index (κ1) is 15.7. The number of thiophene rings is 1. The molecule has 0 fully saturated rings. The summed E-state index contributed by atoms with van der Waals surface area (Å²) in [4.78, 5) is 31.5. The molecular weight excluding hydrogens is 312 g/mol. The predicted octanol–water partition coefficient (Wildman–Crippen LogP) is 2.90. The SMILES string of the molecule is Cc1c(C(=O)O)sc2ncnc(SCC(C)(C)C(=O)O)c12. The zero-order valence-electron chi connectivity index (χ0n) is 11.7. The normalized spacial score (nSPS) is 11.8. The number of fused-ring (bicyclic) bond motifs is 1. The molecule has 2 aromatic rings. The molecule has 0 spiro atoms. The van der Waals surface area contributed by atoms with Crippen molar-refractivity contribution in [1.29, 1.82) is 0 Å². The summed E-state index contributed by atoms with van der Waals surface area (Å²) in [6, 6.07) is 0. The molecule has 0 bridgehead atoms. The average molecular weight is 326 g/mol. The number of hydrogen-bond acceptors (Lipinski definition) is 6. The quantitative estimate of drug-likeness (QED) is 0.643. The molecule has 0 radical (unpaired) electrons. The fourth-order valence-corrected chi connectivity index (χ4v) is 3.85. The van der Waals surface area contributed by atoms with Gasteiger partial charge in [0.15, 0.2) is 0 Å². The molecule has 2 N–H and O–H groups in total. The van der Waals surface area contributed by atoms with Crippen molar-refractivity contribution in [3.8, 4) is 0 Å². The van der Waals surface area contributed by atoms with Crippen molar-refractivity contribution < 1.29 is 19.8 Å². The van der Waals surface area contributed by atoms with Crippen molar-refractivity contribution in [1.82, 2.24) is 9.97 Å². The third-order valence-corrected chi connectivity index (χ3v) is 5.67. The van der Waals surface area contributed by atoms with Crippen LogP contribution in [0.3, 0.4) is 0 Å². The molecule has 0 saturated heterocycles. The first-order chi connectivity index (χ1) is 9.74. The summed E-state index contributed by atoms with van der Waals surface area (Å²) in [5.74, 6) is -1.53. The number of carboxylic acids is 2. The van der Waals surface area contributed by atoms with Gasteiger partial charge in [0.25, 0.3) is 0 Å². The maximum atomic E-state index is 11.2. The average Bonchev–Trinajstić information content (AvgIpc) is 2.74. The predicted molar refractivity (Wildman–Crippen MR) is 81.3 cm³/mol. The topological polar surface area (TPSA) is 100 Å². The van der Waals surface area contributed by atoms with E-state index < -0.39 is 17.4 Å². The maximum Gasteiger partial charge on any atom is 0.346 e. The number of rotatable bonds is 5. The highest BCUT2D eigenvalue weighted by atomic mass is 32.2. The molecule has 2 aromatic heterocycles. The lowest BCUT2D eigenvalue weighted by atomic mass is 9.97. The van der Waals surface area contributed by atoms with E-state index in [4.69, 9.17) is 10.2 Å². The number of aliphatic carboxylic acids is 1. The van der Waals surface area contributed by atoms with E-state index in [1.54, 1.807) is 20.8 Å². The fraction of sp³-hybridized carbons (Fsp3) is 0.385. The molecule has 6 nitrogen and oxygen atoms in total. The molecule has 0 aliphatic carbocycles. The third kappa shape index (κ3) is 3.01. The van der Waals surface area contributed by atoms with E-state index in [9.17, 15) is 9.59 Å². The lowest BCUT2D eigenvalue weighted by Crippen LogP contribution is -2.26. The van der Waals surface area contributed by atoms with E-state index in [1.165, 1.54) is 18.1 Å². The number of carbonyl (C=O) groups is 2. The van der Waals surface area contributed by atoms with Crippen LogP contribution >= 0.6 is 23.1 Å². The number of aromatic nitrogens is 2. The number of carboxylic acid groups (broad SMARTS) is 2. The fourth-order valence-electron chi connectivity index (χ4n) is 1.66. The molecule has 0 atom stereocenters. The Morgan fingerprint density at radius 2 is 2.00 bits per heavy atom. The zero-order chi connectivity index (χ0) is 15.8. The van der Waals surface area contributed by atoms with Crippen LogP contribution in [-0.4, -0.2) is 37.9 Å². The van der Waals surface area contributed by atoms with Crippen LogP contribution in [0.4, 0.5) is 0 Å². The maximum absolute atomic E-state index is 11.2. The minimum absolute atomic E-state index is 0.241. The third-order valence-electron chi connectivity index (χ3n) is 3.03. The summed E-state index contributed by atoms with van der Waals surface area (Å²) in [6.07, 6.45) is 1.38. The van der Waals surface area contributed by atoms with Gasteiger partial charge in [-0.3, -0.25) is 4.79 Å². The molecule has 0 amide bonds. The standard InChI is InChI=1S/C13H14N2O4S2/c1-6-7-9(20-4-13(2,3)12(18)19)14-5-15-10(7)21-8(6)11(16)17/h5H,4H2,1-3H3,(H,16,17)(H,18,19). The van der Waals surface area contributed by atoms with Crippen LogP contribution in [0.2, 0.25) is 0 Å². The molecule has 0 saturated carbocycles. The van der Waals surface area contributed by atoms with Gasteiger partial charge in [-0.05, 0) is 26.3 Å². The van der Waals surface area contributed by atoms with Crippen LogP contribution in [0.25, 0.3) is 10.2 Å². The zero-order valence-corrected chi connectivity index (χ0v) is 13.3. The molecule has 21 heavy (non-hydrogen) atoms. The van der Waals surface area contributed by atoms with Gasteiger partial charge in [-0.1, -0.05) is 0 Å². The first-order valence-corrected chi connectivity index (χ1v) is 7.88. The van der Waals surface area contributed by atoms with Crippen molar-refractivity contribution in [2.75, 3.05) is 5.75 Å².